The highest BCUT2D eigenvalue weighted by atomic mass is 35.5. The first-order chi connectivity index (χ1) is 12.5. The van der Waals surface area contributed by atoms with Crippen LogP contribution in [0.4, 0.5) is 5.69 Å². The first-order valence-electron chi connectivity index (χ1n) is 7.65. The molecule has 0 spiro atoms. The van der Waals surface area contributed by atoms with E-state index < -0.39 is 6.10 Å². The lowest BCUT2D eigenvalue weighted by Gasteiger charge is -2.22. The summed E-state index contributed by atoms with van der Waals surface area (Å²) in [5.74, 6) is 0. The molecule has 0 saturated heterocycles. The van der Waals surface area contributed by atoms with Gasteiger partial charge in [0.15, 0.2) is 0 Å². The average Bonchev–Trinajstić information content (AvgIpc) is 3.09. The molecule has 26 heavy (non-hydrogen) atoms. The van der Waals surface area contributed by atoms with Crippen LogP contribution in [0, 0.1) is 0 Å². The van der Waals surface area contributed by atoms with Crippen LogP contribution in [-0.2, 0) is 11.3 Å². The maximum absolute atomic E-state index is 6.36. The van der Waals surface area contributed by atoms with Crippen molar-refractivity contribution in [3.8, 4) is 0 Å². The van der Waals surface area contributed by atoms with Crippen molar-refractivity contribution in [2.45, 2.75) is 12.6 Å². The standard InChI is InChI=1S/C18H14Cl3N3OS/c19-12-1-4-14(5-2-12)23-18(26)25-17(10-24-8-7-22-11-24)15-6-3-13(20)9-16(15)21/h1-9,11,17H,10H2,(H,23,26)/t17-/m1/s1. The zero-order valence-electron chi connectivity index (χ0n) is 13.4. The van der Waals surface area contributed by atoms with E-state index in [0.717, 1.165) is 11.3 Å². The van der Waals surface area contributed by atoms with E-state index in [1.54, 1.807) is 36.8 Å². The highest BCUT2D eigenvalue weighted by molar-refractivity contribution is 7.80. The van der Waals surface area contributed by atoms with Crippen LogP contribution in [0.3, 0.4) is 0 Å². The summed E-state index contributed by atoms with van der Waals surface area (Å²) < 4.78 is 7.87. The molecule has 0 radical (unpaired) electrons. The maximum atomic E-state index is 6.36. The molecule has 0 fully saturated rings. The summed E-state index contributed by atoms with van der Waals surface area (Å²) in [6, 6.07) is 12.5. The van der Waals surface area contributed by atoms with E-state index in [1.165, 1.54) is 0 Å². The first kappa shape index (κ1) is 19.0. The zero-order chi connectivity index (χ0) is 18.5. The third-order valence-corrected chi connectivity index (χ3v) is 4.60. The number of anilines is 1. The monoisotopic (exact) mass is 425 g/mol. The normalized spacial score (nSPS) is 11.8. The van der Waals surface area contributed by atoms with Gasteiger partial charge in [0.05, 0.1) is 12.9 Å². The van der Waals surface area contributed by atoms with Gasteiger partial charge >= 0.3 is 0 Å². The Kier molecular flexibility index (Phi) is 6.38. The summed E-state index contributed by atoms with van der Waals surface area (Å²) in [6.07, 6.45) is 4.83. The van der Waals surface area contributed by atoms with Gasteiger partial charge < -0.3 is 14.6 Å². The summed E-state index contributed by atoms with van der Waals surface area (Å²) in [5.41, 5.74) is 1.56. The second-order valence-corrected chi connectivity index (χ2v) is 7.10. The number of nitrogens with zero attached hydrogens (tertiary/aromatic N) is 2. The lowest BCUT2D eigenvalue weighted by Crippen LogP contribution is -2.20. The molecule has 0 aliphatic heterocycles. The Morgan fingerprint density at radius 2 is 1.85 bits per heavy atom. The van der Waals surface area contributed by atoms with Crippen molar-refractivity contribution < 1.29 is 4.74 Å². The molecule has 1 atom stereocenters. The van der Waals surface area contributed by atoms with E-state index in [0.29, 0.717) is 21.6 Å². The van der Waals surface area contributed by atoms with Crippen LogP contribution in [0.1, 0.15) is 11.7 Å². The number of aromatic nitrogens is 2. The van der Waals surface area contributed by atoms with E-state index in [1.807, 2.05) is 29.0 Å². The molecule has 0 saturated carbocycles. The van der Waals surface area contributed by atoms with E-state index >= 15 is 0 Å². The number of thiocarbonyl (C=S) groups is 1. The molecule has 0 aliphatic carbocycles. The number of nitrogens with one attached hydrogen (secondary N) is 1. The van der Waals surface area contributed by atoms with Crippen LogP contribution in [0.25, 0.3) is 0 Å². The fourth-order valence-electron chi connectivity index (χ4n) is 2.36. The summed E-state index contributed by atoms with van der Waals surface area (Å²) >= 11 is 23.6. The Bertz CT molecular complexity index is 885. The predicted molar refractivity (Wildman–Crippen MR) is 110 cm³/mol. The molecule has 134 valence electrons. The largest absolute Gasteiger partial charge is 0.461 e. The van der Waals surface area contributed by atoms with Crippen LogP contribution in [0.2, 0.25) is 15.1 Å². The molecule has 4 nitrogen and oxygen atoms in total. The van der Waals surface area contributed by atoms with Gasteiger partial charge in [0, 0.05) is 38.7 Å². The van der Waals surface area contributed by atoms with Crippen LogP contribution in [0.15, 0.2) is 61.2 Å². The number of imidazole rings is 1. The molecule has 2 aromatic carbocycles. The van der Waals surface area contributed by atoms with Crippen molar-refractivity contribution in [1.82, 2.24) is 9.55 Å². The smallest absolute Gasteiger partial charge is 0.261 e. The molecule has 1 heterocycles. The fraction of sp³-hybridized carbons (Fsp3) is 0.111. The maximum Gasteiger partial charge on any atom is 0.261 e. The molecule has 1 N–H and O–H groups in total. The third-order valence-electron chi connectivity index (χ3n) is 3.59. The predicted octanol–water partition coefficient (Wildman–Crippen LogP) is 6.00. The third kappa shape index (κ3) is 5.11. The molecule has 3 rings (SSSR count). The summed E-state index contributed by atoms with van der Waals surface area (Å²) in [7, 11) is 0. The Labute approximate surface area is 171 Å². The second-order valence-electron chi connectivity index (χ2n) is 5.45. The molecule has 0 unspecified atom stereocenters. The van der Waals surface area contributed by atoms with Crippen LogP contribution in [0.5, 0.6) is 0 Å². The minimum absolute atomic E-state index is 0.225. The van der Waals surface area contributed by atoms with Gasteiger partial charge in [-0.3, -0.25) is 0 Å². The van der Waals surface area contributed by atoms with Crippen LogP contribution in [-0.4, -0.2) is 14.7 Å². The van der Waals surface area contributed by atoms with Crippen molar-refractivity contribution in [2.75, 3.05) is 5.32 Å². The van der Waals surface area contributed by atoms with Gasteiger partial charge in [-0.25, -0.2) is 4.98 Å². The van der Waals surface area contributed by atoms with Gasteiger partial charge in [0.25, 0.3) is 5.17 Å². The Morgan fingerprint density at radius 1 is 1.12 bits per heavy atom. The van der Waals surface area contributed by atoms with Crippen LogP contribution >= 0.6 is 47.0 Å². The number of benzene rings is 2. The molecule has 0 amide bonds. The van der Waals surface area contributed by atoms with Crippen LogP contribution < -0.4 is 5.32 Å². The molecule has 3 aromatic rings. The molecular weight excluding hydrogens is 413 g/mol. The Hall–Kier alpha value is -1.79. The Balaban J connectivity index is 1.78. The van der Waals surface area contributed by atoms with Crippen molar-refractivity contribution in [3.05, 3.63) is 81.8 Å². The number of hydrogen-bond acceptors (Lipinski definition) is 3. The average molecular weight is 427 g/mol. The summed E-state index contributed by atoms with van der Waals surface area (Å²) in [4.78, 5) is 4.05. The lowest BCUT2D eigenvalue weighted by molar-refractivity contribution is 0.175. The minimum Gasteiger partial charge on any atom is -0.461 e. The zero-order valence-corrected chi connectivity index (χ0v) is 16.5. The highest BCUT2D eigenvalue weighted by Crippen LogP contribution is 2.30. The number of halogens is 3. The quantitative estimate of drug-likeness (QED) is 0.508. The van der Waals surface area contributed by atoms with Gasteiger partial charge in [-0.1, -0.05) is 40.9 Å². The topological polar surface area (TPSA) is 39.1 Å². The van der Waals surface area contributed by atoms with Crippen molar-refractivity contribution >= 4 is 57.9 Å². The summed E-state index contributed by atoms with van der Waals surface area (Å²) in [6.45, 7) is 0.490. The van der Waals surface area contributed by atoms with Gasteiger partial charge in [0.1, 0.15) is 6.10 Å². The van der Waals surface area contributed by atoms with Gasteiger partial charge in [-0.05, 0) is 48.6 Å². The van der Waals surface area contributed by atoms with E-state index in [2.05, 4.69) is 10.3 Å². The molecule has 0 aliphatic rings. The number of rotatable bonds is 5. The highest BCUT2D eigenvalue weighted by Gasteiger charge is 2.19. The molecule has 8 heteroatoms. The van der Waals surface area contributed by atoms with Gasteiger partial charge in [0.2, 0.25) is 0 Å². The van der Waals surface area contributed by atoms with Crippen molar-refractivity contribution in [3.63, 3.8) is 0 Å². The number of ether oxygens (including phenoxy) is 1. The Morgan fingerprint density at radius 3 is 2.50 bits per heavy atom. The SMILES string of the molecule is S=C(Nc1ccc(Cl)cc1)O[C@H](Cn1ccnc1)c1ccc(Cl)cc1Cl. The van der Waals surface area contributed by atoms with E-state index in [9.17, 15) is 0 Å². The van der Waals surface area contributed by atoms with Crippen molar-refractivity contribution in [2.24, 2.45) is 0 Å². The lowest BCUT2D eigenvalue weighted by atomic mass is 10.1. The van der Waals surface area contributed by atoms with E-state index in [4.69, 9.17) is 51.8 Å². The minimum atomic E-state index is -0.415. The second kappa shape index (κ2) is 8.73. The van der Waals surface area contributed by atoms with Crippen molar-refractivity contribution in [1.29, 1.82) is 0 Å². The molecule has 0 bridgehead atoms. The fourth-order valence-corrected chi connectivity index (χ4v) is 3.25. The molecular formula is C18H14Cl3N3OS. The van der Waals surface area contributed by atoms with E-state index in [-0.39, 0.29) is 5.17 Å². The number of hydrogen-bond donors (Lipinski definition) is 1. The van der Waals surface area contributed by atoms with Gasteiger partial charge in [-0.15, -0.1) is 0 Å². The molecule has 1 aromatic heterocycles. The summed E-state index contributed by atoms with van der Waals surface area (Å²) in [5, 5.41) is 4.98. The van der Waals surface area contributed by atoms with Gasteiger partial charge in [-0.2, -0.15) is 0 Å². The first-order valence-corrected chi connectivity index (χ1v) is 9.19.